The lowest BCUT2D eigenvalue weighted by molar-refractivity contribution is 0.413. The maximum absolute atomic E-state index is 3.80. The first-order valence-electron chi connectivity index (χ1n) is 7.73. The van der Waals surface area contributed by atoms with Gasteiger partial charge in [0.05, 0.1) is 0 Å². The first-order chi connectivity index (χ1) is 10.1. The molecule has 3 rings (SSSR count). The summed E-state index contributed by atoms with van der Waals surface area (Å²) < 4.78 is 1.30. The predicted molar refractivity (Wildman–Crippen MR) is 92.7 cm³/mol. The minimum Gasteiger partial charge on any atom is -0.307 e. The molecule has 2 atom stereocenters. The maximum Gasteiger partial charge on any atom is 0.0294 e. The van der Waals surface area contributed by atoms with E-state index in [0.717, 1.165) is 6.42 Å². The van der Waals surface area contributed by atoms with Gasteiger partial charge in [-0.25, -0.2) is 0 Å². The Kier molecular flexibility index (Phi) is 4.46. The van der Waals surface area contributed by atoms with Crippen LogP contribution in [-0.4, -0.2) is 6.04 Å². The molecule has 0 saturated heterocycles. The molecule has 0 heterocycles. The van der Waals surface area contributed by atoms with Crippen molar-refractivity contribution in [2.24, 2.45) is 0 Å². The average molecular weight is 344 g/mol. The minimum absolute atomic E-state index is 0.404. The summed E-state index contributed by atoms with van der Waals surface area (Å²) >= 11 is 3.78. The van der Waals surface area contributed by atoms with Gasteiger partial charge in [0.25, 0.3) is 0 Å². The molecule has 2 heteroatoms. The van der Waals surface area contributed by atoms with Gasteiger partial charge in [-0.1, -0.05) is 58.4 Å². The van der Waals surface area contributed by atoms with Crippen molar-refractivity contribution in [1.29, 1.82) is 0 Å². The Labute approximate surface area is 135 Å². The number of benzene rings is 2. The van der Waals surface area contributed by atoms with Gasteiger partial charge in [-0.2, -0.15) is 0 Å². The summed E-state index contributed by atoms with van der Waals surface area (Å²) in [6.45, 7) is 4.43. The van der Waals surface area contributed by atoms with Crippen LogP contribution >= 0.6 is 15.9 Å². The fraction of sp³-hybridized carbons (Fsp3) is 0.368. The molecule has 1 N–H and O–H groups in total. The van der Waals surface area contributed by atoms with Gasteiger partial charge in [-0.15, -0.1) is 0 Å². The van der Waals surface area contributed by atoms with E-state index in [1.54, 1.807) is 0 Å². The molecule has 21 heavy (non-hydrogen) atoms. The molecular weight excluding hydrogens is 322 g/mol. The normalized spacial score (nSPS) is 19.1. The Hall–Kier alpha value is -1.12. The lowest BCUT2D eigenvalue weighted by atomic mass is 9.87. The minimum atomic E-state index is 0.404. The third kappa shape index (κ3) is 3.22. The van der Waals surface area contributed by atoms with Gasteiger partial charge in [0.2, 0.25) is 0 Å². The SMILES string of the molecule is Cc1ccc2c(c1Br)C[C@@H](N[C@@H](C)c1ccccc1)CC2. The summed E-state index contributed by atoms with van der Waals surface area (Å²) in [5.41, 5.74) is 5.72. The van der Waals surface area contributed by atoms with E-state index in [1.807, 2.05) is 0 Å². The number of rotatable bonds is 3. The Morgan fingerprint density at radius 2 is 1.90 bits per heavy atom. The van der Waals surface area contributed by atoms with Crippen molar-refractivity contribution < 1.29 is 0 Å². The van der Waals surface area contributed by atoms with Gasteiger partial charge >= 0.3 is 0 Å². The molecule has 2 aromatic rings. The lowest BCUT2D eigenvalue weighted by Gasteiger charge is -2.29. The zero-order valence-electron chi connectivity index (χ0n) is 12.7. The highest BCUT2D eigenvalue weighted by molar-refractivity contribution is 9.10. The molecule has 0 bridgehead atoms. The molecule has 0 saturated carbocycles. The van der Waals surface area contributed by atoms with E-state index < -0.39 is 0 Å². The van der Waals surface area contributed by atoms with Crippen LogP contribution in [0.3, 0.4) is 0 Å². The molecule has 0 amide bonds. The highest BCUT2D eigenvalue weighted by Crippen LogP contribution is 2.31. The molecule has 0 radical (unpaired) electrons. The predicted octanol–water partition coefficient (Wildman–Crippen LogP) is 4.97. The second-order valence-electron chi connectivity index (χ2n) is 6.07. The topological polar surface area (TPSA) is 12.0 Å². The van der Waals surface area contributed by atoms with Crippen molar-refractivity contribution in [2.75, 3.05) is 0 Å². The highest BCUT2D eigenvalue weighted by atomic mass is 79.9. The molecule has 0 aromatic heterocycles. The lowest BCUT2D eigenvalue weighted by Crippen LogP contribution is -2.36. The van der Waals surface area contributed by atoms with Crippen LogP contribution in [0.25, 0.3) is 0 Å². The van der Waals surface area contributed by atoms with Crippen LogP contribution in [0.4, 0.5) is 0 Å². The van der Waals surface area contributed by atoms with Gasteiger partial charge in [0.15, 0.2) is 0 Å². The molecule has 0 unspecified atom stereocenters. The maximum atomic E-state index is 3.80. The molecule has 0 fully saturated rings. The van der Waals surface area contributed by atoms with Crippen molar-refractivity contribution in [1.82, 2.24) is 5.32 Å². The molecule has 0 aliphatic heterocycles. The van der Waals surface area contributed by atoms with Crippen LogP contribution in [-0.2, 0) is 12.8 Å². The number of hydrogen-bond donors (Lipinski definition) is 1. The first-order valence-corrected chi connectivity index (χ1v) is 8.52. The Morgan fingerprint density at radius 1 is 1.14 bits per heavy atom. The van der Waals surface area contributed by atoms with Crippen LogP contribution in [0.5, 0.6) is 0 Å². The van der Waals surface area contributed by atoms with Crippen molar-refractivity contribution in [3.8, 4) is 0 Å². The molecule has 1 nitrogen and oxygen atoms in total. The van der Waals surface area contributed by atoms with Gasteiger partial charge in [0.1, 0.15) is 0 Å². The molecular formula is C19H22BrN. The molecule has 110 valence electrons. The second kappa shape index (κ2) is 6.33. The van der Waals surface area contributed by atoms with Gasteiger partial charge < -0.3 is 5.32 Å². The van der Waals surface area contributed by atoms with Crippen molar-refractivity contribution in [2.45, 2.75) is 45.2 Å². The van der Waals surface area contributed by atoms with Crippen molar-refractivity contribution >= 4 is 15.9 Å². The third-order valence-electron chi connectivity index (χ3n) is 4.53. The fourth-order valence-corrected chi connectivity index (χ4v) is 3.79. The van der Waals surface area contributed by atoms with E-state index in [0.29, 0.717) is 12.1 Å². The summed E-state index contributed by atoms with van der Waals surface area (Å²) in [5.74, 6) is 0. The smallest absolute Gasteiger partial charge is 0.0294 e. The number of fused-ring (bicyclic) bond motifs is 1. The van der Waals surface area contributed by atoms with Crippen LogP contribution in [0.1, 0.15) is 41.6 Å². The second-order valence-corrected chi connectivity index (χ2v) is 6.87. The van der Waals surface area contributed by atoms with Gasteiger partial charge in [-0.05, 0) is 55.4 Å². The van der Waals surface area contributed by atoms with Crippen LogP contribution in [0.2, 0.25) is 0 Å². The van der Waals surface area contributed by atoms with Crippen LogP contribution in [0, 0.1) is 6.92 Å². The Bertz CT molecular complexity index is 621. The molecule has 2 aromatic carbocycles. The van der Waals surface area contributed by atoms with E-state index in [4.69, 9.17) is 0 Å². The van der Waals surface area contributed by atoms with Crippen molar-refractivity contribution in [3.05, 3.63) is 69.2 Å². The highest BCUT2D eigenvalue weighted by Gasteiger charge is 2.22. The molecule has 1 aliphatic rings. The van der Waals surface area contributed by atoms with Gasteiger partial charge in [0, 0.05) is 16.6 Å². The Balaban J connectivity index is 1.73. The Morgan fingerprint density at radius 3 is 2.67 bits per heavy atom. The average Bonchev–Trinajstić information content (AvgIpc) is 2.52. The van der Waals surface area contributed by atoms with E-state index in [2.05, 4.69) is 77.6 Å². The third-order valence-corrected chi connectivity index (χ3v) is 5.64. The molecule has 0 spiro atoms. The standard InChI is InChI=1S/C19H22BrN/c1-13-8-9-16-10-11-17(12-18(16)19(13)20)21-14(2)15-6-4-3-5-7-15/h3-9,14,17,21H,10-12H2,1-2H3/t14-,17-/m0/s1. The summed E-state index contributed by atoms with van der Waals surface area (Å²) in [6, 6.07) is 16.2. The fourth-order valence-electron chi connectivity index (χ4n) is 3.25. The summed E-state index contributed by atoms with van der Waals surface area (Å²) in [7, 11) is 0. The van der Waals surface area contributed by atoms with E-state index >= 15 is 0 Å². The number of halogens is 1. The van der Waals surface area contributed by atoms with E-state index in [1.165, 1.54) is 39.6 Å². The van der Waals surface area contributed by atoms with E-state index in [9.17, 15) is 0 Å². The van der Waals surface area contributed by atoms with Crippen molar-refractivity contribution in [3.63, 3.8) is 0 Å². The van der Waals surface area contributed by atoms with Gasteiger partial charge in [-0.3, -0.25) is 0 Å². The van der Waals surface area contributed by atoms with Crippen LogP contribution < -0.4 is 5.32 Å². The number of nitrogens with one attached hydrogen (secondary N) is 1. The number of hydrogen-bond acceptors (Lipinski definition) is 1. The zero-order valence-corrected chi connectivity index (χ0v) is 14.3. The van der Waals surface area contributed by atoms with Crippen LogP contribution in [0.15, 0.2) is 46.9 Å². The summed E-state index contributed by atoms with van der Waals surface area (Å²) in [6.07, 6.45) is 3.52. The summed E-state index contributed by atoms with van der Waals surface area (Å²) in [5, 5.41) is 3.80. The largest absolute Gasteiger partial charge is 0.307 e. The monoisotopic (exact) mass is 343 g/mol. The summed E-state index contributed by atoms with van der Waals surface area (Å²) in [4.78, 5) is 0. The molecule has 1 aliphatic carbocycles. The quantitative estimate of drug-likeness (QED) is 0.829. The first kappa shape index (κ1) is 14.8. The number of aryl methyl sites for hydroxylation is 2. The zero-order chi connectivity index (χ0) is 14.8. The van der Waals surface area contributed by atoms with E-state index in [-0.39, 0.29) is 0 Å².